The molecule has 0 spiro atoms. The monoisotopic (exact) mass is 299 g/mol. The number of hydrogen-bond donors (Lipinski definition) is 1. The Kier molecular flexibility index (Phi) is 3.66. The van der Waals surface area contributed by atoms with Gasteiger partial charge in [-0.3, -0.25) is 9.89 Å². The number of esters is 1. The molecule has 1 aliphatic rings. The van der Waals surface area contributed by atoms with Gasteiger partial charge >= 0.3 is 5.97 Å². The van der Waals surface area contributed by atoms with Crippen molar-refractivity contribution in [3.63, 3.8) is 0 Å². The number of nitrogens with zero attached hydrogens (tertiary/aromatic N) is 2. The number of carbonyl (C=O) groups excluding carboxylic acids is 2. The third kappa shape index (κ3) is 2.47. The number of methoxy groups -OCH3 is 1. The summed E-state index contributed by atoms with van der Waals surface area (Å²) >= 11 is 0. The van der Waals surface area contributed by atoms with Crippen LogP contribution in [0.3, 0.4) is 0 Å². The first-order chi connectivity index (χ1) is 10.6. The van der Waals surface area contributed by atoms with Crippen LogP contribution in [0.15, 0.2) is 24.3 Å². The van der Waals surface area contributed by atoms with Gasteiger partial charge in [0, 0.05) is 17.7 Å². The molecule has 0 bridgehead atoms. The molecule has 0 atom stereocenters. The van der Waals surface area contributed by atoms with Crippen molar-refractivity contribution in [2.75, 3.05) is 13.7 Å². The number of nitrogens with one attached hydrogen (secondary N) is 1. The number of aryl methyl sites for hydroxylation is 1. The Balaban J connectivity index is 1.80. The second-order valence-electron chi connectivity index (χ2n) is 5.36. The van der Waals surface area contributed by atoms with E-state index in [9.17, 15) is 9.59 Å². The Hall–Kier alpha value is -2.63. The van der Waals surface area contributed by atoms with Crippen LogP contribution in [0.2, 0.25) is 0 Å². The van der Waals surface area contributed by atoms with Gasteiger partial charge in [0.25, 0.3) is 5.91 Å². The highest BCUT2D eigenvalue weighted by Crippen LogP contribution is 2.22. The highest BCUT2D eigenvalue weighted by atomic mass is 16.5. The average molecular weight is 299 g/mol. The molecule has 2 heterocycles. The van der Waals surface area contributed by atoms with Gasteiger partial charge in [-0.1, -0.05) is 17.7 Å². The zero-order valence-corrected chi connectivity index (χ0v) is 12.5. The zero-order chi connectivity index (χ0) is 15.7. The van der Waals surface area contributed by atoms with Crippen LogP contribution in [0, 0.1) is 6.92 Å². The molecular weight excluding hydrogens is 282 g/mol. The summed E-state index contributed by atoms with van der Waals surface area (Å²) in [4.78, 5) is 25.9. The summed E-state index contributed by atoms with van der Waals surface area (Å²) in [6.07, 6.45) is 0.591. The van der Waals surface area contributed by atoms with Gasteiger partial charge in [0.05, 0.1) is 19.3 Å². The predicted molar refractivity (Wildman–Crippen MR) is 79.6 cm³/mol. The van der Waals surface area contributed by atoms with Crippen molar-refractivity contribution in [3.8, 4) is 0 Å². The van der Waals surface area contributed by atoms with Crippen molar-refractivity contribution in [2.45, 2.75) is 19.9 Å². The van der Waals surface area contributed by atoms with E-state index < -0.39 is 5.97 Å². The first-order valence-corrected chi connectivity index (χ1v) is 7.10. The standard InChI is InChI=1S/C16H17N3O3/c1-10-3-5-11(6-4-10)15(20)19-8-7-12-13(9-19)17-18-14(12)16(21)22-2/h3-6H,7-9H2,1-2H3,(H,17,18). The molecule has 0 radical (unpaired) electrons. The third-order valence-electron chi connectivity index (χ3n) is 3.90. The molecule has 22 heavy (non-hydrogen) atoms. The molecule has 6 nitrogen and oxygen atoms in total. The van der Waals surface area contributed by atoms with Crippen molar-refractivity contribution in [3.05, 3.63) is 52.3 Å². The van der Waals surface area contributed by atoms with Gasteiger partial charge < -0.3 is 9.64 Å². The highest BCUT2D eigenvalue weighted by molar-refractivity contribution is 5.94. The molecule has 3 rings (SSSR count). The Morgan fingerprint density at radius 3 is 2.68 bits per heavy atom. The highest BCUT2D eigenvalue weighted by Gasteiger charge is 2.28. The van der Waals surface area contributed by atoms with Gasteiger partial charge in [-0.25, -0.2) is 4.79 Å². The maximum atomic E-state index is 12.5. The van der Waals surface area contributed by atoms with E-state index in [4.69, 9.17) is 4.74 Å². The molecule has 0 saturated carbocycles. The molecule has 1 aliphatic heterocycles. The van der Waals surface area contributed by atoms with Crippen LogP contribution in [0.25, 0.3) is 0 Å². The van der Waals surface area contributed by atoms with Crippen LogP contribution in [0.4, 0.5) is 0 Å². The molecule has 1 amide bonds. The predicted octanol–water partition coefficient (Wildman–Crippen LogP) is 1.70. The van der Waals surface area contributed by atoms with E-state index in [1.165, 1.54) is 7.11 Å². The van der Waals surface area contributed by atoms with Crippen LogP contribution in [-0.4, -0.2) is 40.6 Å². The van der Waals surface area contributed by atoms with Crippen LogP contribution >= 0.6 is 0 Å². The molecule has 2 aromatic rings. The molecule has 1 N–H and O–H groups in total. The maximum absolute atomic E-state index is 12.5. The SMILES string of the molecule is COC(=O)c1n[nH]c2c1CCN(C(=O)c1ccc(C)cc1)C2. The van der Waals surface area contributed by atoms with Crippen molar-refractivity contribution >= 4 is 11.9 Å². The lowest BCUT2D eigenvalue weighted by Gasteiger charge is -2.26. The minimum atomic E-state index is -0.448. The fourth-order valence-electron chi connectivity index (χ4n) is 2.64. The molecule has 0 saturated heterocycles. The van der Waals surface area contributed by atoms with E-state index in [-0.39, 0.29) is 5.91 Å². The summed E-state index contributed by atoms with van der Waals surface area (Å²) in [5, 5.41) is 6.85. The number of hydrogen-bond acceptors (Lipinski definition) is 4. The Labute approximate surface area is 128 Å². The Morgan fingerprint density at radius 2 is 2.00 bits per heavy atom. The topological polar surface area (TPSA) is 75.3 Å². The quantitative estimate of drug-likeness (QED) is 0.856. The van der Waals surface area contributed by atoms with Crippen molar-refractivity contribution in [1.82, 2.24) is 15.1 Å². The number of amides is 1. The largest absolute Gasteiger partial charge is 0.464 e. The van der Waals surface area contributed by atoms with Gasteiger partial charge in [0.2, 0.25) is 0 Å². The number of benzene rings is 1. The molecule has 0 fully saturated rings. The van der Waals surface area contributed by atoms with E-state index in [1.54, 1.807) is 4.90 Å². The van der Waals surface area contributed by atoms with Crippen LogP contribution in [0.5, 0.6) is 0 Å². The fourth-order valence-corrected chi connectivity index (χ4v) is 2.64. The Morgan fingerprint density at radius 1 is 1.27 bits per heavy atom. The maximum Gasteiger partial charge on any atom is 0.358 e. The summed E-state index contributed by atoms with van der Waals surface area (Å²) in [6, 6.07) is 7.52. The third-order valence-corrected chi connectivity index (χ3v) is 3.90. The lowest BCUT2D eigenvalue weighted by atomic mass is 10.0. The molecule has 0 unspecified atom stereocenters. The van der Waals surface area contributed by atoms with Crippen LogP contribution in [0.1, 0.15) is 37.7 Å². The second kappa shape index (κ2) is 5.63. The van der Waals surface area contributed by atoms with E-state index in [1.807, 2.05) is 31.2 Å². The minimum absolute atomic E-state index is 0.0140. The van der Waals surface area contributed by atoms with Gasteiger partial charge in [-0.2, -0.15) is 5.10 Å². The van der Waals surface area contributed by atoms with Gasteiger partial charge in [0.15, 0.2) is 5.69 Å². The zero-order valence-electron chi connectivity index (χ0n) is 12.5. The first kappa shape index (κ1) is 14.3. The number of H-pyrrole nitrogens is 1. The van der Waals surface area contributed by atoms with Crippen LogP contribution < -0.4 is 0 Å². The summed E-state index contributed by atoms with van der Waals surface area (Å²) < 4.78 is 4.71. The van der Waals surface area contributed by atoms with E-state index in [2.05, 4.69) is 10.2 Å². The lowest BCUT2D eigenvalue weighted by Crippen LogP contribution is -2.36. The lowest BCUT2D eigenvalue weighted by molar-refractivity contribution is 0.0592. The summed E-state index contributed by atoms with van der Waals surface area (Å²) in [5.74, 6) is -0.462. The summed E-state index contributed by atoms with van der Waals surface area (Å²) in [7, 11) is 1.33. The summed E-state index contributed by atoms with van der Waals surface area (Å²) in [6.45, 7) is 2.97. The average Bonchev–Trinajstić information content (AvgIpc) is 2.97. The van der Waals surface area contributed by atoms with Gasteiger partial charge in [0.1, 0.15) is 0 Å². The summed E-state index contributed by atoms with van der Waals surface area (Å²) in [5.41, 5.74) is 3.75. The minimum Gasteiger partial charge on any atom is -0.464 e. The number of carbonyl (C=O) groups is 2. The normalized spacial score (nSPS) is 13.6. The Bertz CT molecular complexity index is 719. The molecule has 6 heteroatoms. The number of rotatable bonds is 2. The number of ether oxygens (including phenoxy) is 1. The second-order valence-corrected chi connectivity index (χ2v) is 5.36. The molecular formula is C16H17N3O3. The first-order valence-electron chi connectivity index (χ1n) is 7.10. The fraction of sp³-hybridized carbons (Fsp3) is 0.312. The molecule has 1 aromatic heterocycles. The molecule has 0 aliphatic carbocycles. The number of fused-ring (bicyclic) bond motifs is 1. The molecule has 1 aromatic carbocycles. The van der Waals surface area contributed by atoms with Crippen molar-refractivity contribution in [1.29, 1.82) is 0 Å². The van der Waals surface area contributed by atoms with Crippen molar-refractivity contribution in [2.24, 2.45) is 0 Å². The van der Waals surface area contributed by atoms with E-state index >= 15 is 0 Å². The smallest absolute Gasteiger partial charge is 0.358 e. The molecule has 114 valence electrons. The number of aromatic nitrogens is 2. The van der Waals surface area contributed by atoms with Crippen LogP contribution in [-0.2, 0) is 17.7 Å². The van der Waals surface area contributed by atoms with Gasteiger partial charge in [-0.15, -0.1) is 0 Å². The number of aromatic amines is 1. The van der Waals surface area contributed by atoms with E-state index in [0.29, 0.717) is 30.8 Å². The van der Waals surface area contributed by atoms with Crippen molar-refractivity contribution < 1.29 is 14.3 Å². The van der Waals surface area contributed by atoms with Gasteiger partial charge in [-0.05, 0) is 25.5 Å². The van der Waals surface area contributed by atoms with E-state index in [0.717, 1.165) is 16.8 Å².